The van der Waals surface area contributed by atoms with Gasteiger partial charge in [-0.05, 0) is 43.7 Å². The molecule has 0 spiro atoms. The molecule has 2 aromatic carbocycles. The minimum Gasteiger partial charge on any atom is -0.477 e. The highest BCUT2D eigenvalue weighted by molar-refractivity contribution is 5.79. The molecule has 0 N–H and O–H groups in total. The van der Waals surface area contributed by atoms with E-state index in [2.05, 4.69) is 4.90 Å². The van der Waals surface area contributed by atoms with Crippen molar-refractivity contribution in [1.82, 2.24) is 9.80 Å². The fourth-order valence-corrected chi connectivity index (χ4v) is 3.69. The molecule has 164 valence electrons. The Bertz CT molecular complexity index is 966. The van der Waals surface area contributed by atoms with Crippen LogP contribution in [0.2, 0.25) is 0 Å². The smallest absolute Gasteiger partial charge is 0.311 e. The van der Waals surface area contributed by atoms with Crippen LogP contribution in [0, 0.1) is 15.9 Å². The number of nitro benzene ring substituents is 1. The zero-order chi connectivity index (χ0) is 22.5. The van der Waals surface area contributed by atoms with Crippen LogP contribution in [-0.2, 0) is 11.3 Å². The number of rotatable bonds is 7. The van der Waals surface area contributed by atoms with Crippen molar-refractivity contribution in [2.45, 2.75) is 32.5 Å². The summed E-state index contributed by atoms with van der Waals surface area (Å²) in [4.78, 5) is 38.1. The number of carbonyl (C=O) groups excluding carboxylic acids is 2. The molecule has 8 nitrogen and oxygen atoms in total. The van der Waals surface area contributed by atoms with Crippen LogP contribution in [0.1, 0.15) is 29.8 Å². The molecule has 1 aliphatic heterocycles. The molecule has 2 unspecified atom stereocenters. The van der Waals surface area contributed by atoms with Crippen molar-refractivity contribution in [3.8, 4) is 5.75 Å². The molecule has 0 radical (unpaired) electrons. The molecular formula is C22H24FN3O5. The Morgan fingerprint density at radius 3 is 2.55 bits per heavy atom. The monoisotopic (exact) mass is 429 g/mol. The molecule has 3 rings (SSSR count). The van der Waals surface area contributed by atoms with Crippen LogP contribution < -0.4 is 4.74 Å². The van der Waals surface area contributed by atoms with Gasteiger partial charge in [0.25, 0.3) is 5.91 Å². The second-order valence-corrected chi connectivity index (χ2v) is 7.69. The summed E-state index contributed by atoms with van der Waals surface area (Å²) in [5.41, 5.74) is 0.794. The molecule has 0 aliphatic carbocycles. The maximum Gasteiger partial charge on any atom is 0.311 e. The van der Waals surface area contributed by atoms with Crippen molar-refractivity contribution < 1.29 is 23.6 Å². The Kier molecular flexibility index (Phi) is 6.96. The summed E-state index contributed by atoms with van der Waals surface area (Å²) in [6.45, 7) is 5.38. The lowest BCUT2D eigenvalue weighted by Crippen LogP contribution is -2.58. The van der Waals surface area contributed by atoms with Gasteiger partial charge in [0.15, 0.2) is 12.4 Å². The maximum absolute atomic E-state index is 13.1. The zero-order valence-electron chi connectivity index (χ0n) is 17.4. The van der Waals surface area contributed by atoms with Gasteiger partial charge in [0.1, 0.15) is 12.1 Å². The fourth-order valence-electron chi connectivity index (χ4n) is 3.69. The third-order valence-electron chi connectivity index (χ3n) is 5.40. The van der Waals surface area contributed by atoms with E-state index < -0.39 is 4.92 Å². The minimum atomic E-state index is -0.647. The van der Waals surface area contributed by atoms with Gasteiger partial charge in [0, 0.05) is 43.3 Å². The number of hydrogen-bond donors (Lipinski definition) is 0. The average Bonchev–Trinajstić information content (AvgIpc) is 2.75. The van der Waals surface area contributed by atoms with Gasteiger partial charge in [0.05, 0.1) is 4.92 Å². The predicted octanol–water partition coefficient (Wildman–Crippen LogP) is 3.05. The fraction of sp³-hybridized carbons (Fsp3) is 0.364. The average molecular weight is 429 g/mol. The SMILES string of the molecule is CC1CN(C(=O)COc2ccc(C=O)cc2[N+](=O)[O-])C(C)CN1Cc1ccc(F)cc1. The summed E-state index contributed by atoms with van der Waals surface area (Å²) in [5, 5.41) is 11.2. The van der Waals surface area contributed by atoms with Crippen LogP contribution in [0.4, 0.5) is 10.1 Å². The first-order valence-corrected chi connectivity index (χ1v) is 9.93. The number of aldehydes is 1. The summed E-state index contributed by atoms with van der Waals surface area (Å²) >= 11 is 0. The zero-order valence-corrected chi connectivity index (χ0v) is 17.4. The molecule has 1 saturated heterocycles. The molecule has 0 bridgehead atoms. The van der Waals surface area contributed by atoms with Crippen LogP contribution in [0.15, 0.2) is 42.5 Å². The number of ether oxygens (including phenoxy) is 1. The number of nitro groups is 1. The van der Waals surface area contributed by atoms with Gasteiger partial charge in [-0.1, -0.05) is 12.1 Å². The van der Waals surface area contributed by atoms with Crippen LogP contribution >= 0.6 is 0 Å². The van der Waals surface area contributed by atoms with Crippen LogP contribution in [0.25, 0.3) is 0 Å². The largest absolute Gasteiger partial charge is 0.477 e. The van der Waals surface area contributed by atoms with E-state index in [1.54, 1.807) is 17.0 Å². The topological polar surface area (TPSA) is 93.0 Å². The lowest BCUT2D eigenvalue weighted by Gasteiger charge is -2.44. The predicted molar refractivity (Wildman–Crippen MR) is 111 cm³/mol. The first-order chi connectivity index (χ1) is 14.8. The van der Waals surface area contributed by atoms with Crippen molar-refractivity contribution in [1.29, 1.82) is 0 Å². The van der Waals surface area contributed by atoms with E-state index in [1.807, 2.05) is 13.8 Å². The van der Waals surface area contributed by atoms with Gasteiger partial charge in [-0.3, -0.25) is 24.6 Å². The normalized spacial score (nSPS) is 19.1. The van der Waals surface area contributed by atoms with Crippen molar-refractivity contribution in [3.63, 3.8) is 0 Å². The van der Waals surface area contributed by atoms with Gasteiger partial charge < -0.3 is 9.64 Å². The summed E-state index contributed by atoms with van der Waals surface area (Å²) in [7, 11) is 0. The molecule has 1 fully saturated rings. The van der Waals surface area contributed by atoms with Gasteiger partial charge in [-0.15, -0.1) is 0 Å². The van der Waals surface area contributed by atoms with E-state index in [0.29, 0.717) is 25.9 Å². The Hall–Kier alpha value is -3.33. The quantitative estimate of drug-likeness (QED) is 0.382. The van der Waals surface area contributed by atoms with E-state index in [1.165, 1.54) is 24.3 Å². The minimum absolute atomic E-state index is 0.0559. The van der Waals surface area contributed by atoms with E-state index in [9.17, 15) is 24.1 Å². The molecular weight excluding hydrogens is 405 g/mol. The number of piperazine rings is 1. The highest BCUT2D eigenvalue weighted by Crippen LogP contribution is 2.28. The van der Waals surface area contributed by atoms with Crippen LogP contribution in [0.5, 0.6) is 5.75 Å². The second kappa shape index (κ2) is 9.65. The van der Waals surface area contributed by atoms with E-state index in [0.717, 1.165) is 11.6 Å². The Labute approximate surface area is 179 Å². The lowest BCUT2D eigenvalue weighted by atomic mass is 10.1. The highest BCUT2D eigenvalue weighted by Gasteiger charge is 2.32. The highest BCUT2D eigenvalue weighted by atomic mass is 19.1. The van der Waals surface area contributed by atoms with Crippen molar-refractivity contribution >= 4 is 17.9 Å². The van der Waals surface area contributed by atoms with Gasteiger partial charge in [0.2, 0.25) is 0 Å². The summed E-state index contributed by atoms with van der Waals surface area (Å²) in [5.74, 6) is -0.601. The van der Waals surface area contributed by atoms with E-state index in [-0.39, 0.29) is 47.4 Å². The third kappa shape index (κ3) is 5.43. The number of hydrogen-bond acceptors (Lipinski definition) is 6. The summed E-state index contributed by atoms with van der Waals surface area (Å²) in [6, 6.07) is 10.2. The Morgan fingerprint density at radius 2 is 1.90 bits per heavy atom. The van der Waals surface area contributed by atoms with Crippen molar-refractivity contribution in [2.24, 2.45) is 0 Å². The summed E-state index contributed by atoms with van der Waals surface area (Å²) in [6.07, 6.45) is 0.510. The molecule has 0 saturated carbocycles. The third-order valence-corrected chi connectivity index (χ3v) is 5.40. The number of benzene rings is 2. The standard InChI is InChI=1S/C22H24FN3O5/c1-15-11-25(16(2)10-24(15)12-17-3-6-19(23)7-4-17)22(28)14-31-21-8-5-18(13-27)9-20(21)26(29)30/h3-9,13,15-16H,10-12,14H2,1-2H3. The van der Waals surface area contributed by atoms with Crippen LogP contribution in [-0.4, -0.2) is 58.7 Å². The van der Waals surface area contributed by atoms with Gasteiger partial charge in [-0.25, -0.2) is 4.39 Å². The van der Waals surface area contributed by atoms with Gasteiger partial charge >= 0.3 is 5.69 Å². The maximum atomic E-state index is 13.1. The molecule has 1 heterocycles. The summed E-state index contributed by atoms with van der Waals surface area (Å²) < 4.78 is 18.6. The molecule has 1 aliphatic rings. The van der Waals surface area contributed by atoms with Gasteiger partial charge in [-0.2, -0.15) is 0 Å². The molecule has 2 aromatic rings. The molecule has 2 atom stereocenters. The first kappa shape index (κ1) is 22.4. The molecule has 31 heavy (non-hydrogen) atoms. The second-order valence-electron chi connectivity index (χ2n) is 7.69. The van der Waals surface area contributed by atoms with Crippen molar-refractivity contribution in [3.05, 3.63) is 69.5 Å². The van der Waals surface area contributed by atoms with Crippen molar-refractivity contribution in [2.75, 3.05) is 19.7 Å². The molecule has 9 heteroatoms. The molecule has 0 aromatic heterocycles. The number of halogens is 1. The number of carbonyl (C=O) groups is 2. The molecule has 1 amide bonds. The van der Waals surface area contributed by atoms with Crippen LogP contribution in [0.3, 0.4) is 0 Å². The number of amides is 1. The lowest BCUT2D eigenvalue weighted by molar-refractivity contribution is -0.385. The number of nitrogens with zero attached hydrogens (tertiary/aromatic N) is 3. The van der Waals surface area contributed by atoms with E-state index >= 15 is 0 Å². The Balaban J connectivity index is 1.61. The van der Waals surface area contributed by atoms with E-state index in [4.69, 9.17) is 4.74 Å². The first-order valence-electron chi connectivity index (χ1n) is 9.93. The Morgan fingerprint density at radius 1 is 1.19 bits per heavy atom.